The highest BCUT2D eigenvalue weighted by atomic mass is 16.5. The van der Waals surface area contributed by atoms with Crippen LogP contribution < -0.4 is 4.90 Å². The number of carbonyl (C=O) groups excluding carboxylic acids is 1. The Bertz CT molecular complexity index is 401. The zero-order valence-corrected chi connectivity index (χ0v) is 11.5. The summed E-state index contributed by atoms with van der Waals surface area (Å²) in [6.07, 6.45) is 0.449. The van der Waals surface area contributed by atoms with Crippen molar-refractivity contribution in [1.82, 2.24) is 0 Å². The Kier molecular flexibility index (Phi) is 4.93. The molecule has 1 fully saturated rings. The Morgan fingerprint density at radius 2 is 2.21 bits per heavy atom. The van der Waals surface area contributed by atoms with Crippen molar-refractivity contribution in [3.8, 4) is 0 Å². The number of rotatable bonds is 5. The molecule has 0 aliphatic carbocycles. The van der Waals surface area contributed by atoms with Gasteiger partial charge >= 0.3 is 0 Å². The molecule has 104 valence electrons. The van der Waals surface area contributed by atoms with E-state index in [9.17, 15) is 4.79 Å². The van der Waals surface area contributed by atoms with Crippen LogP contribution in [0, 0.1) is 0 Å². The molecule has 0 spiro atoms. The largest absolute Gasteiger partial charge is 0.379 e. The number of anilines is 1. The molecule has 0 N–H and O–H groups in total. The van der Waals surface area contributed by atoms with E-state index in [0.717, 1.165) is 12.1 Å². The summed E-state index contributed by atoms with van der Waals surface area (Å²) in [7, 11) is 0. The number of nitrogens with zero attached hydrogens (tertiary/aromatic N) is 1. The smallest absolute Gasteiger partial charge is 0.256 e. The van der Waals surface area contributed by atoms with Crippen molar-refractivity contribution < 1.29 is 14.3 Å². The number of para-hydroxylation sites is 1. The van der Waals surface area contributed by atoms with Gasteiger partial charge in [0.1, 0.15) is 6.10 Å². The van der Waals surface area contributed by atoms with Gasteiger partial charge in [-0.2, -0.15) is 0 Å². The van der Waals surface area contributed by atoms with E-state index in [1.165, 1.54) is 0 Å². The van der Waals surface area contributed by atoms with Gasteiger partial charge in [-0.1, -0.05) is 18.2 Å². The number of benzene rings is 1. The van der Waals surface area contributed by atoms with Crippen LogP contribution in [0.15, 0.2) is 30.3 Å². The van der Waals surface area contributed by atoms with E-state index in [1.807, 2.05) is 42.2 Å². The van der Waals surface area contributed by atoms with E-state index in [0.29, 0.717) is 19.8 Å². The summed E-state index contributed by atoms with van der Waals surface area (Å²) >= 11 is 0. The lowest BCUT2D eigenvalue weighted by Gasteiger charge is -2.30. The quantitative estimate of drug-likeness (QED) is 0.817. The predicted octanol–water partition coefficient (Wildman–Crippen LogP) is 2.23. The van der Waals surface area contributed by atoms with Gasteiger partial charge in [-0.3, -0.25) is 4.79 Å². The van der Waals surface area contributed by atoms with Gasteiger partial charge in [0, 0.05) is 18.9 Å². The minimum absolute atomic E-state index is 0.00329. The monoisotopic (exact) mass is 263 g/mol. The molecule has 0 radical (unpaired) electrons. The van der Waals surface area contributed by atoms with Crippen LogP contribution >= 0.6 is 0 Å². The molecule has 2 atom stereocenters. The third-order valence-corrected chi connectivity index (χ3v) is 3.31. The molecule has 0 bridgehead atoms. The third kappa shape index (κ3) is 3.33. The van der Waals surface area contributed by atoms with E-state index >= 15 is 0 Å². The molecule has 1 aromatic carbocycles. The number of carbonyl (C=O) groups is 1. The molecule has 1 heterocycles. The summed E-state index contributed by atoms with van der Waals surface area (Å²) in [4.78, 5) is 14.4. The minimum atomic E-state index is -0.425. The van der Waals surface area contributed by atoms with Crippen LogP contribution in [-0.2, 0) is 14.3 Å². The molecule has 1 aliphatic heterocycles. The van der Waals surface area contributed by atoms with Gasteiger partial charge in [0.15, 0.2) is 0 Å². The highest BCUT2D eigenvalue weighted by Gasteiger charge is 2.31. The SMILES string of the molecule is CCO[C@H](C)C(=O)N(c1ccccc1)[C@@H]1CCOC1. The first-order valence-corrected chi connectivity index (χ1v) is 6.81. The predicted molar refractivity (Wildman–Crippen MR) is 74.2 cm³/mol. The molecule has 1 aromatic rings. The van der Waals surface area contributed by atoms with Gasteiger partial charge in [0.05, 0.1) is 12.6 Å². The van der Waals surface area contributed by atoms with Gasteiger partial charge in [-0.25, -0.2) is 0 Å². The molecule has 1 aliphatic rings. The fraction of sp³-hybridized carbons (Fsp3) is 0.533. The number of hydrogen-bond donors (Lipinski definition) is 0. The van der Waals surface area contributed by atoms with Crippen molar-refractivity contribution in [2.24, 2.45) is 0 Å². The summed E-state index contributed by atoms with van der Waals surface area (Å²) in [5.74, 6) is 0.00329. The molecule has 1 amide bonds. The van der Waals surface area contributed by atoms with Crippen LogP contribution in [0.1, 0.15) is 20.3 Å². The van der Waals surface area contributed by atoms with Gasteiger partial charge in [0.2, 0.25) is 0 Å². The molecule has 0 unspecified atom stereocenters. The van der Waals surface area contributed by atoms with Crippen molar-refractivity contribution >= 4 is 11.6 Å². The van der Waals surface area contributed by atoms with Gasteiger partial charge < -0.3 is 14.4 Å². The number of amides is 1. The topological polar surface area (TPSA) is 38.8 Å². The van der Waals surface area contributed by atoms with Gasteiger partial charge in [-0.15, -0.1) is 0 Å². The maximum Gasteiger partial charge on any atom is 0.256 e. The molecule has 0 aromatic heterocycles. The maximum absolute atomic E-state index is 12.6. The van der Waals surface area contributed by atoms with E-state index in [2.05, 4.69) is 0 Å². The molecule has 4 nitrogen and oxygen atoms in total. The molecule has 0 saturated carbocycles. The maximum atomic E-state index is 12.6. The third-order valence-electron chi connectivity index (χ3n) is 3.31. The van der Waals surface area contributed by atoms with Crippen LogP contribution in [0.4, 0.5) is 5.69 Å². The zero-order valence-electron chi connectivity index (χ0n) is 11.5. The van der Waals surface area contributed by atoms with Crippen LogP contribution in [-0.4, -0.2) is 37.9 Å². The average Bonchev–Trinajstić information content (AvgIpc) is 2.94. The van der Waals surface area contributed by atoms with Crippen molar-refractivity contribution in [3.63, 3.8) is 0 Å². The summed E-state index contributed by atoms with van der Waals surface area (Å²) in [5.41, 5.74) is 0.912. The first-order chi connectivity index (χ1) is 9.24. The highest BCUT2D eigenvalue weighted by molar-refractivity contribution is 5.97. The van der Waals surface area contributed by atoms with Crippen LogP contribution in [0.25, 0.3) is 0 Å². The minimum Gasteiger partial charge on any atom is -0.379 e. The van der Waals surface area contributed by atoms with Crippen LogP contribution in [0.5, 0.6) is 0 Å². The summed E-state index contributed by atoms with van der Waals surface area (Å²) < 4.78 is 10.8. The normalized spacial score (nSPS) is 20.2. The van der Waals surface area contributed by atoms with Crippen molar-refractivity contribution in [1.29, 1.82) is 0 Å². The van der Waals surface area contributed by atoms with Gasteiger partial charge in [0.25, 0.3) is 5.91 Å². The molecular weight excluding hydrogens is 242 g/mol. The van der Waals surface area contributed by atoms with Crippen LogP contribution in [0.2, 0.25) is 0 Å². The molecule has 2 rings (SSSR count). The Labute approximate surface area is 114 Å². The van der Waals surface area contributed by atoms with E-state index < -0.39 is 6.10 Å². The Morgan fingerprint density at radius 1 is 1.47 bits per heavy atom. The highest BCUT2D eigenvalue weighted by Crippen LogP contribution is 2.23. The molecular formula is C15H21NO3. The van der Waals surface area contributed by atoms with Crippen molar-refractivity contribution in [2.45, 2.75) is 32.4 Å². The zero-order chi connectivity index (χ0) is 13.7. The van der Waals surface area contributed by atoms with E-state index in [4.69, 9.17) is 9.47 Å². The second kappa shape index (κ2) is 6.68. The standard InChI is InChI=1S/C15H21NO3/c1-3-19-12(2)15(17)16(14-9-10-18-11-14)13-7-5-4-6-8-13/h4-8,12,14H,3,9-11H2,1-2H3/t12-,14-/m1/s1. The van der Waals surface area contributed by atoms with E-state index in [-0.39, 0.29) is 11.9 Å². The lowest BCUT2D eigenvalue weighted by Crippen LogP contribution is -2.46. The molecule has 4 heteroatoms. The lowest BCUT2D eigenvalue weighted by molar-refractivity contribution is -0.129. The Morgan fingerprint density at radius 3 is 2.79 bits per heavy atom. The van der Waals surface area contributed by atoms with Crippen molar-refractivity contribution in [3.05, 3.63) is 30.3 Å². The Balaban J connectivity index is 2.21. The fourth-order valence-electron chi connectivity index (χ4n) is 2.35. The average molecular weight is 263 g/mol. The second-order valence-corrected chi connectivity index (χ2v) is 4.66. The second-order valence-electron chi connectivity index (χ2n) is 4.66. The summed E-state index contributed by atoms with van der Waals surface area (Å²) in [6, 6.07) is 9.85. The Hall–Kier alpha value is -1.39. The van der Waals surface area contributed by atoms with Crippen molar-refractivity contribution in [2.75, 3.05) is 24.7 Å². The molecule has 19 heavy (non-hydrogen) atoms. The number of hydrogen-bond acceptors (Lipinski definition) is 3. The van der Waals surface area contributed by atoms with Gasteiger partial charge in [-0.05, 0) is 32.4 Å². The molecule has 1 saturated heterocycles. The number of ether oxygens (including phenoxy) is 2. The fourth-order valence-corrected chi connectivity index (χ4v) is 2.35. The first kappa shape index (κ1) is 14.0. The van der Waals surface area contributed by atoms with E-state index in [1.54, 1.807) is 6.92 Å². The lowest BCUT2D eigenvalue weighted by atomic mass is 10.1. The first-order valence-electron chi connectivity index (χ1n) is 6.81. The van der Waals surface area contributed by atoms with Crippen LogP contribution in [0.3, 0.4) is 0 Å². The summed E-state index contributed by atoms with van der Waals surface area (Å²) in [6.45, 7) is 5.55. The summed E-state index contributed by atoms with van der Waals surface area (Å²) in [5, 5.41) is 0.